The van der Waals surface area contributed by atoms with Gasteiger partial charge in [-0.05, 0) is 57.6 Å². The minimum atomic E-state index is -0.0270. The zero-order valence-electron chi connectivity index (χ0n) is 16.8. The summed E-state index contributed by atoms with van der Waals surface area (Å²) in [6.45, 7) is 4.85. The summed E-state index contributed by atoms with van der Waals surface area (Å²) >= 11 is 1.41. The predicted molar refractivity (Wildman–Crippen MR) is 114 cm³/mol. The Labute approximate surface area is 170 Å². The van der Waals surface area contributed by atoms with Gasteiger partial charge in [0, 0.05) is 18.6 Å². The first-order valence-corrected chi connectivity index (χ1v) is 11.5. The fourth-order valence-corrected chi connectivity index (χ4v) is 5.84. The molecule has 4 rings (SSSR count). The Morgan fingerprint density at radius 2 is 1.93 bits per heavy atom. The summed E-state index contributed by atoms with van der Waals surface area (Å²) in [5, 5.41) is 1.28. The zero-order chi connectivity index (χ0) is 19.7. The molecule has 2 atom stereocenters. The highest BCUT2D eigenvalue weighted by Crippen LogP contribution is 2.35. The molecule has 0 unspecified atom stereocenters. The number of rotatable bonds is 4. The Morgan fingerprint density at radius 3 is 2.75 bits per heavy atom. The maximum absolute atomic E-state index is 13.0. The van der Waals surface area contributed by atoms with Gasteiger partial charge in [-0.1, -0.05) is 36.7 Å². The van der Waals surface area contributed by atoms with Crippen molar-refractivity contribution >= 4 is 28.6 Å². The van der Waals surface area contributed by atoms with E-state index >= 15 is 0 Å². The Kier molecular flexibility index (Phi) is 5.76. The van der Waals surface area contributed by atoms with Crippen LogP contribution >= 0.6 is 11.8 Å². The Bertz CT molecular complexity index is 922. The van der Waals surface area contributed by atoms with Crippen LogP contribution < -0.4 is 5.56 Å². The molecule has 1 saturated heterocycles. The van der Waals surface area contributed by atoms with E-state index in [1.165, 1.54) is 37.4 Å². The van der Waals surface area contributed by atoms with Gasteiger partial charge in [-0.3, -0.25) is 14.2 Å². The van der Waals surface area contributed by atoms with Crippen LogP contribution in [-0.2, 0) is 4.79 Å². The lowest BCUT2D eigenvalue weighted by atomic mass is 9.78. The molecular formula is C22H29N3O2S. The average molecular weight is 400 g/mol. The Hall–Kier alpha value is -1.82. The molecule has 5 nitrogen and oxygen atoms in total. The molecule has 150 valence electrons. The molecule has 1 aromatic heterocycles. The number of piperidine rings is 1. The summed E-state index contributed by atoms with van der Waals surface area (Å²) in [6.07, 6.45) is 7.33. The molecule has 0 bridgehead atoms. The van der Waals surface area contributed by atoms with Crippen molar-refractivity contribution in [1.82, 2.24) is 14.5 Å². The summed E-state index contributed by atoms with van der Waals surface area (Å²) < 4.78 is 1.72. The Morgan fingerprint density at radius 1 is 1.18 bits per heavy atom. The second-order valence-electron chi connectivity index (χ2n) is 8.31. The summed E-state index contributed by atoms with van der Waals surface area (Å²) in [5.41, 5.74) is 0.672. The lowest BCUT2D eigenvalue weighted by Gasteiger charge is -2.44. The number of para-hydroxylation sites is 1. The SMILES string of the molecule is CC(C)n1c(SCC(=O)N2CCC[C@@H]3CCCC[C@@H]32)nc2ccccc2c1=O. The second-order valence-corrected chi connectivity index (χ2v) is 9.25. The summed E-state index contributed by atoms with van der Waals surface area (Å²) in [7, 11) is 0. The van der Waals surface area contributed by atoms with Crippen molar-refractivity contribution in [3.8, 4) is 0 Å². The van der Waals surface area contributed by atoms with E-state index in [1.54, 1.807) is 4.57 Å². The predicted octanol–water partition coefficient (Wildman–Crippen LogP) is 4.25. The molecule has 2 fully saturated rings. The van der Waals surface area contributed by atoms with E-state index in [9.17, 15) is 9.59 Å². The zero-order valence-corrected chi connectivity index (χ0v) is 17.6. The molecule has 1 amide bonds. The van der Waals surface area contributed by atoms with Gasteiger partial charge in [0.15, 0.2) is 5.16 Å². The summed E-state index contributed by atoms with van der Waals surface area (Å²) in [5.74, 6) is 1.23. The van der Waals surface area contributed by atoms with Crippen LogP contribution in [-0.4, -0.2) is 38.7 Å². The molecule has 2 heterocycles. The number of thioether (sulfide) groups is 1. The van der Waals surface area contributed by atoms with Crippen molar-refractivity contribution in [2.24, 2.45) is 5.92 Å². The van der Waals surface area contributed by atoms with Gasteiger partial charge in [0.25, 0.3) is 5.56 Å². The highest BCUT2D eigenvalue weighted by Gasteiger charge is 2.35. The van der Waals surface area contributed by atoms with Gasteiger partial charge in [-0.15, -0.1) is 0 Å². The van der Waals surface area contributed by atoms with Crippen molar-refractivity contribution in [2.45, 2.75) is 69.6 Å². The molecule has 1 saturated carbocycles. The van der Waals surface area contributed by atoms with Gasteiger partial charge in [0.05, 0.1) is 16.7 Å². The van der Waals surface area contributed by atoms with Gasteiger partial charge in [0.2, 0.25) is 5.91 Å². The number of carbonyl (C=O) groups excluding carboxylic acids is 1. The third-order valence-corrected chi connectivity index (χ3v) is 7.12. The van der Waals surface area contributed by atoms with Crippen LogP contribution in [0.15, 0.2) is 34.2 Å². The lowest BCUT2D eigenvalue weighted by molar-refractivity contribution is -0.134. The van der Waals surface area contributed by atoms with Gasteiger partial charge < -0.3 is 4.90 Å². The van der Waals surface area contributed by atoms with Gasteiger partial charge in [-0.2, -0.15) is 0 Å². The normalized spacial score (nSPS) is 22.5. The standard InChI is InChI=1S/C22H29N3O2S/c1-15(2)25-21(27)17-10-4-5-11-18(17)23-22(25)28-14-20(26)24-13-7-9-16-8-3-6-12-19(16)24/h4-5,10-11,15-16,19H,3,6-9,12-14H2,1-2H3/t16-,19-/m0/s1. The van der Waals surface area contributed by atoms with Gasteiger partial charge >= 0.3 is 0 Å². The molecular weight excluding hydrogens is 370 g/mol. The lowest BCUT2D eigenvalue weighted by Crippen LogP contribution is -2.50. The molecule has 0 radical (unpaired) electrons. The first kappa shape index (κ1) is 19.5. The van der Waals surface area contributed by atoms with Gasteiger partial charge in [0.1, 0.15) is 0 Å². The van der Waals surface area contributed by atoms with Crippen LogP contribution in [0.5, 0.6) is 0 Å². The minimum Gasteiger partial charge on any atom is -0.339 e. The molecule has 2 aliphatic rings. The molecule has 0 spiro atoms. The maximum Gasteiger partial charge on any atom is 0.262 e. The van der Waals surface area contributed by atoms with Crippen LogP contribution in [0.25, 0.3) is 10.9 Å². The van der Waals surface area contributed by atoms with Crippen LogP contribution in [0.3, 0.4) is 0 Å². The van der Waals surface area contributed by atoms with Crippen molar-refractivity contribution < 1.29 is 4.79 Å². The minimum absolute atomic E-state index is 0.0000743. The summed E-state index contributed by atoms with van der Waals surface area (Å²) in [4.78, 5) is 32.8. The van der Waals surface area contributed by atoms with E-state index in [0.717, 1.165) is 19.4 Å². The topological polar surface area (TPSA) is 55.2 Å². The number of benzene rings is 1. The van der Waals surface area contributed by atoms with Crippen molar-refractivity contribution in [1.29, 1.82) is 0 Å². The van der Waals surface area contributed by atoms with Crippen LogP contribution in [0.1, 0.15) is 58.4 Å². The highest BCUT2D eigenvalue weighted by atomic mass is 32.2. The van der Waals surface area contributed by atoms with E-state index < -0.39 is 0 Å². The van der Waals surface area contributed by atoms with E-state index in [1.807, 2.05) is 38.1 Å². The number of nitrogens with zero attached hydrogens (tertiary/aromatic N) is 3. The highest BCUT2D eigenvalue weighted by molar-refractivity contribution is 7.99. The third-order valence-electron chi connectivity index (χ3n) is 6.18. The van der Waals surface area contributed by atoms with Gasteiger partial charge in [-0.25, -0.2) is 4.98 Å². The molecule has 1 aliphatic carbocycles. The van der Waals surface area contributed by atoms with E-state index in [-0.39, 0.29) is 17.5 Å². The second kappa shape index (κ2) is 8.27. The van der Waals surface area contributed by atoms with Crippen LogP contribution in [0.2, 0.25) is 0 Å². The monoisotopic (exact) mass is 399 g/mol. The maximum atomic E-state index is 13.0. The number of fused-ring (bicyclic) bond motifs is 2. The first-order chi connectivity index (χ1) is 13.6. The summed E-state index contributed by atoms with van der Waals surface area (Å²) in [6, 6.07) is 7.87. The molecule has 2 aromatic rings. The number of carbonyl (C=O) groups is 1. The average Bonchev–Trinajstić information content (AvgIpc) is 2.71. The molecule has 28 heavy (non-hydrogen) atoms. The fraction of sp³-hybridized carbons (Fsp3) is 0.591. The number of likely N-dealkylation sites (tertiary alicyclic amines) is 1. The largest absolute Gasteiger partial charge is 0.339 e. The number of amides is 1. The third kappa shape index (κ3) is 3.71. The quantitative estimate of drug-likeness (QED) is 0.570. The molecule has 6 heteroatoms. The van der Waals surface area contributed by atoms with E-state index in [0.29, 0.717) is 33.8 Å². The molecule has 0 N–H and O–H groups in total. The van der Waals surface area contributed by atoms with E-state index in [2.05, 4.69) is 4.90 Å². The number of hydrogen-bond acceptors (Lipinski definition) is 4. The number of aromatic nitrogens is 2. The molecule has 1 aliphatic heterocycles. The van der Waals surface area contributed by atoms with Crippen LogP contribution in [0, 0.1) is 5.92 Å². The first-order valence-electron chi connectivity index (χ1n) is 10.5. The van der Waals surface area contributed by atoms with Crippen molar-refractivity contribution in [2.75, 3.05) is 12.3 Å². The molecule has 1 aromatic carbocycles. The van der Waals surface area contributed by atoms with Crippen molar-refractivity contribution in [3.63, 3.8) is 0 Å². The van der Waals surface area contributed by atoms with Crippen molar-refractivity contribution in [3.05, 3.63) is 34.6 Å². The smallest absolute Gasteiger partial charge is 0.262 e. The van der Waals surface area contributed by atoms with E-state index in [4.69, 9.17) is 4.98 Å². The van der Waals surface area contributed by atoms with Crippen LogP contribution in [0.4, 0.5) is 0 Å². The Balaban J connectivity index is 1.56. The fourth-order valence-electron chi connectivity index (χ4n) is 4.83. The number of hydrogen-bond donors (Lipinski definition) is 0.